The number of ether oxygens (including phenoxy) is 1. The maximum absolute atomic E-state index is 12.2. The zero-order chi connectivity index (χ0) is 14.7. The summed E-state index contributed by atoms with van der Waals surface area (Å²) in [7, 11) is 1.68. The van der Waals surface area contributed by atoms with Gasteiger partial charge in [-0.05, 0) is 24.6 Å². The van der Waals surface area contributed by atoms with Crippen molar-refractivity contribution in [3.8, 4) is 0 Å². The Morgan fingerprint density at radius 2 is 2.10 bits per heavy atom. The van der Waals surface area contributed by atoms with Gasteiger partial charge in [-0.3, -0.25) is 4.79 Å². The first kappa shape index (κ1) is 14.5. The van der Waals surface area contributed by atoms with Gasteiger partial charge < -0.3 is 10.5 Å². The number of anilines is 1. The molecule has 1 atom stereocenters. The minimum Gasteiger partial charge on any atom is -0.465 e. The summed E-state index contributed by atoms with van der Waals surface area (Å²) >= 11 is 3.36. The normalized spacial score (nSPS) is 12.2. The highest BCUT2D eigenvalue weighted by Crippen LogP contribution is 2.25. The fourth-order valence-electron chi connectivity index (χ4n) is 1.81. The number of hydrogen-bond acceptors (Lipinski definition) is 5. The average molecular weight is 339 g/mol. The monoisotopic (exact) mass is 338 g/mol. The minimum absolute atomic E-state index is 0.256. The number of carbonyl (C=O) groups is 1. The van der Waals surface area contributed by atoms with Crippen LogP contribution < -0.4 is 5.73 Å². The van der Waals surface area contributed by atoms with Crippen LogP contribution in [0.4, 0.5) is 5.95 Å². The van der Waals surface area contributed by atoms with Gasteiger partial charge in [0.05, 0.1) is 6.61 Å². The second-order valence-corrected chi connectivity index (χ2v) is 5.10. The van der Waals surface area contributed by atoms with E-state index in [0.29, 0.717) is 12.4 Å². The van der Waals surface area contributed by atoms with Crippen LogP contribution >= 0.6 is 15.9 Å². The summed E-state index contributed by atoms with van der Waals surface area (Å²) in [6.45, 7) is 2.06. The van der Waals surface area contributed by atoms with Gasteiger partial charge in [0.15, 0.2) is 5.82 Å². The molecule has 20 heavy (non-hydrogen) atoms. The molecule has 2 aromatic rings. The van der Waals surface area contributed by atoms with Crippen molar-refractivity contribution in [3.05, 3.63) is 40.1 Å². The van der Waals surface area contributed by atoms with Gasteiger partial charge in [-0.25, -0.2) is 4.68 Å². The zero-order valence-corrected chi connectivity index (χ0v) is 12.8. The van der Waals surface area contributed by atoms with Crippen LogP contribution in [-0.2, 0) is 16.6 Å². The molecule has 2 N–H and O–H groups in total. The van der Waals surface area contributed by atoms with Crippen molar-refractivity contribution < 1.29 is 9.53 Å². The highest BCUT2D eigenvalue weighted by molar-refractivity contribution is 9.10. The van der Waals surface area contributed by atoms with Crippen LogP contribution in [0.25, 0.3) is 0 Å². The van der Waals surface area contributed by atoms with Gasteiger partial charge in [-0.2, -0.15) is 10.1 Å². The Morgan fingerprint density at radius 3 is 2.60 bits per heavy atom. The van der Waals surface area contributed by atoms with Crippen LogP contribution in [0, 0.1) is 0 Å². The van der Waals surface area contributed by atoms with Crippen LogP contribution in [0.3, 0.4) is 0 Å². The second-order valence-electron chi connectivity index (χ2n) is 4.19. The van der Waals surface area contributed by atoms with E-state index in [1.54, 1.807) is 14.0 Å². The molecule has 0 bridgehead atoms. The Labute approximate surface area is 125 Å². The van der Waals surface area contributed by atoms with Crippen LogP contribution in [-0.4, -0.2) is 27.3 Å². The van der Waals surface area contributed by atoms with Crippen molar-refractivity contribution in [1.29, 1.82) is 0 Å². The molecule has 0 amide bonds. The van der Waals surface area contributed by atoms with E-state index in [9.17, 15) is 4.79 Å². The van der Waals surface area contributed by atoms with Crippen LogP contribution in [0.5, 0.6) is 0 Å². The van der Waals surface area contributed by atoms with E-state index in [4.69, 9.17) is 10.5 Å². The molecular weight excluding hydrogens is 324 g/mol. The van der Waals surface area contributed by atoms with Gasteiger partial charge in [0, 0.05) is 11.5 Å². The third-order valence-corrected chi connectivity index (χ3v) is 3.33. The summed E-state index contributed by atoms with van der Waals surface area (Å²) in [5.41, 5.74) is 6.45. The number of hydrogen-bond donors (Lipinski definition) is 1. The Morgan fingerprint density at radius 1 is 1.45 bits per heavy atom. The van der Waals surface area contributed by atoms with E-state index in [1.807, 2.05) is 24.3 Å². The number of nitrogen functional groups attached to an aromatic ring is 1. The summed E-state index contributed by atoms with van der Waals surface area (Å²) in [6.07, 6.45) is 0. The number of esters is 1. The number of rotatable bonds is 4. The first-order chi connectivity index (χ1) is 9.52. The Hall–Kier alpha value is -1.89. The van der Waals surface area contributed by atoms with Crippen molar-refractivity contribution >= 4 is 27.8 Å². The molecule has 1 aromatic heterocycles. The number of benzene rings is 1. The van der Waals surface area contributed by atoms with Gasteiger partial charge in [0.1, 0.15) is 5.92 Å². The highest BCUT2D eigenvalue weighted by Gasteiger charge is 2.28. The predicted molar refractivity (Wildman–Crippen MR) is 78.0 cm³/mol. The largest absolute Gasteiger partial charge is 0.465 e. The molecule has 106 valence electrons. The van der Waals surface area contributed by atoms with E-state index < -0.39 is 5.92 Å². The van der Waals surface area contributed by atoms with Gasteiger partial charge in [-0.15, -0.1) is 0 Å². The fourth-order valence-corrected chi connectivity index (χ4v) is 2.08. The lowest BCUT2D eigenvalue weighted by molar-refractivity contribution is -0.144. The van der Waals surface area contributed by atoms with E-state index in [0.717, 1.165) is 10.0 Å². The molecule has 7 heteroatoms. The molecule has 0 radical (unpaired) electrons. The van der Waals surface area contributed by atoms with Gasteiger partial charge in [0.2, 0.25) is 5.95 Å². The van der Waals surface area contributed by atoms with Crippen LogP contribution in [0.2, 0.25) is 0 Å². The van der Waals surface area contributed by atoms with Crippen molar-refractivity contribution in [2.75, 3.05) is 12.3 Å². The first-order valence-electron chi connectivity index (χ1n) is 6.11. The van der Waals surface area contributed by atoms with E-state index >= 15 is 0 Å². The van der Waals surface area contributed by atoms with E-state index in [-0.39, 0.29) is 11.9 Å². The molecule has 0 saturated heterocycles. The highest BCUT2D eigenvalue weighted by atomic mass is 79.9. The third-order valence-electron chi connectivity index (χ3n) is 2.80. The Kier molecular flexibility index (Phi) is 4.39. The first-order valence-corrected chi connectivity index (χ1v) is 6.90. The van der Waals surface area contributed by atoms with E-state index in [1.165, 1.54) is 4.68 Å². The number of halogens is 1. The second kappa shape index (κ2) is 6.04. The van der Waals surface area contributed by atoms with Crippen LogP contribution in [0.1, 0.15) is 24.2 Å². The standard InChI is InChI=1S/C13H15BrN4O2/c1-3-20-12(19)10(8-4-6-9(14)7-5-8)11-16-13(15)18(2)17-11/h4-7,10H,3H2,1-2H3,(H2,15,16,17). The molecule has 0 fully saturated rings. The topological polar surface area (TPSA) is 83.0 Å². The van der Waals surface area contributed by atoms with Crippen molar-refractivity contribution in [2.45, 2.75) is 12.8 Å². The molecular formula is C13H15BrN4O2. The summed E-state index contributed by atoms with van der Waals surface area (Å²) < 4.78 is 7.47. The smallest absolute Gasteiger partial charge is 0.321 e. The molecule has 0 spiro atoms. The van der Waals surface area contributed by atoms with Crippen LogP contribution in [0.15, 0.2) is 28.7 Å². The maximum atomic E-state index is 12.2. The molecule has 1 aromatic carbocycles. The maximum Gasteiger partial charge on any atom is 0.321 e. The number of aryl methyl sites for hydroxylation is 1. The average Bonchev–Trinajstić information content (AvgIpc) is 2.72. The van der Waals surface area contributed by atoms with Crippen molar-refractivity contribution in [2.24, 2.45) is 7.05 Å². The minimum atomic E-state index is -0.674. The lowest BCUT2D eigenvalue weighted by Crippen LogP contribution is -2.18. The molecule has 0 aliphatic carbocycles. The van der Waals surface area contributed by atoms with Crippen molar-refractivity contribution in [3.63, 3.8) is 0 Å². The van der Waals surface area contributed by atoms with Crippen molar-refractivity contribution in [1.82, 2.24) is 14.8 Å². The van der Waals surface area contributed by atoms with Gasteiger partial charge in [0.25, 0.3) is 0 Å². The summed E-state index contributed by atoms with van der Waals surface area (Å²) in [4.78, 5) is 16.3. The Bertz CT molecular complexity index is 590. The lowest BCUT2D eigenvalue weighted by Gasteiger charge is -2.12. The number of carbonyl (C=O) groups excluding carboxylic acids is 1. The summed E-state index contributed by atoms with van der Waals surface area (Å²) in [5.74, 6) is -0.468. The SMILES string of the molecule is CCOC(=O)C(c1ccc(Br)cc1)c1nc(N)n(C)n1. The van der Waals surface area contributed by atoms with Gasteiger partial charge >= 0.3 is 5.97 Å². The fraction of sp³-hybridized carbons (Fsp3) is 0.308. The number of nitrogens with zero attached hydrogens (tertiary/aromatic N) is 3. The number of aromatic nitrogens is 3. The van der Waals surface area contributed by atoms with E-state index in [2.05, 4.69) is 26.0 Å². The summed E-state index contributed by atoms with van der Waals surface area (Å²) in [6, 6.07) is 7.37. The molecule has 1 heterocycles. The lowest BCUT2D eigenvalue weighted by atomic mass is 9.99. The summed E-state index contributed by atoms with van der Waals surface area (Å²) in [5, 5.41) is 4.18. The molecule has 6 nitrogen and oxygen atoms in total. The molecule has 0 saturated carbocycles. The Balaban J connectivity index is 2.44. The number of nitrogens with two attached hydrogens (primary N) is 1. The molecule has 0 aliphatic rings. The molecule has 2 rings (SSSR count). The van der Waals surface area contributed by atoms with Gasteiger partial charge in [-0.1, -0.05) is 28.1 Å². The molecule has 0 aliphatic heterocycles. The molecule has 1 unspecified atom stereocenters. The zero-order valence-electron chi connectivity index (χ0n) is 11.2. The third kappa shape index (κ3) is 2.98. The predicted octanol–water partition coefficient (Wildman–Crippen LogP) is 1.85. The quantitative estimate of drug-likeness (QED) is 0.860.